The zero-order valence-electron chi connectivity index (χ0n) is 15.0. The molecule has 0 atom stereocenters. The molecule has 0 aliphatic heterocycles. The molecule has 0 spiro atoms. The molecular formula is C19H19N5O3. The third-order valence-corrected chi connectivity index (χ3v) is 3.91. The van der Waals surface area contributed by atoms with E-state index in [1.807, 2.05) is 24.3 Å². The molecule has 0 radical (unpaired) electrons. The summed E-state index contributed by atoms with van der Waals surface area (Å²) in [6.07, 6.45) is 1.45. The van der Waals surface area contributed by atoms with Gasteiger partial charge in [0.1, 0.15) is 6.33 Å². The van der Waals surface area contributed by atoms with Gasteiger partial charge in [0.05, 0.1) is 11.3 Å². The molecule has 0 saturated heterocycles. The molecule has 1 aromatic heterocycles. The first-order valence-electron chi connectivity index (χ1n) is 8.43. The van der Waals surface area contributed by atoms with Crippen LogP contribution < -0.4 is 5.32 Å². The van der Waals surface area contributed by atoms with Crippen LogP contribution in [0.4, 0.5) is 5.69 Å². The first kappa shape index (κ1) is 18.2. The summed E-state index contributed by atoms with van der Waals surface area (Å²) in [5.41, 5.74) is 2.89. The van der Waals surface area contributed by atoms with Gasteiger partial charge in [-0.3, -0.25) is 4.79 Å². The minimum Gasteiger partial charge on any atom is -0.452 e. The third-order valence-electron chi connectivity index (χ3n) is 3.91. The Morgan fingerprint density at radius 1 is 1.07 bits per heavy atom. The Kier molecular flexibility index (Phi) is 5.55. The highest BCUT2D eigenvalue weighted by atomic mass is 16.5. The summed E-state index contributed by atoms with van der Waals surface area (Å²) in [5.74, 6) is -0.558. The van der Waals surface area contributed by atoms with Crippen molar-refractivity contribution in [3.63, 3.8) is 0 Å². The number of amides is 1. The van der Waals surface area contributed by atoms with Crippen LogP contribution in [-0.4, -0.2) is 38.7 Å². The van der Waals surface area contributed by atoms with E-state index in [2.05, 4.69) is 34.7 Å². The molecule has 138 valence electrons. The van der Waals surface area contributed by atoms with E-state index in [0.717, 1.165) is 0 Å². The van der Waals surface area contributed by atoms with Gasteiger partial charge in [-0.05, 0) is 58.3 Å². The Labute approximate surface area is 156 Å². The van der Waals surface area contributed by atoms with Crippen molar-refractivity contribution in [3.8, 4) is 5.69 Å². The number of tetrazole rings is 1. The summed E-state index contributed by atoms with van der Waals surface area (Å²) in [4.78, 5) is 24.0. The second-order valence-corrected chi connectivity index (χ2v) is 6.20. The van der Waals surface area contributed by atoms with Crippen LogP contribution in [0.2, 0.25) is 0 Å². The topological polar surface area (TPSA) is 99.0 Å². The quantitative estimate of drug-likeness (QED) is 0.674. The number of ether oxygens (including phenoxy) is 1. The monoisotopic (exact) mass is 365 g/mol. The lowest BCUT2D eigenvalue weighted by Gasteiger charge is -2.09. The average Bonchev–Trinajstić information content (AvgIpc) is 3.21. The number of hydrogen-bond acceptors (Lipinski definition) is 6. The zero-order chi connectivity index (χ0) is 19.2. The van der Waals surface area contributed by atoms with Gasteiger partial charge in [0.2, 0.25) is 0 Å². The first-order valence-corrected chi connectivity index (χ1v) is 8.43. The van der Waals surface area contributed by atoms with E-state index in [0.29, 0.717) is 22.9 Å². The van der Waals surface area contributed by atoms with Crippen molar-refractivity contribution in [1.82, 2.24) is 20.2 Å². The van der Waals surface area contributed by atoms with Crippen molar-refractivity contribution >= 4 is 17.6 Å². The summed E-state index contributed by atoms with van der Waals surface area (Å²) in [7, 11) is 0. The predicted octanol–water partition coefficient (Wildman–Crippen LogP) is 2.58. The minimum absolute atomic E-state index is 0.334. The van der Waals surface area contributed by atoms with Crippen LogP contribution in [0, 0.1) is 0 Å². The van der Waals surface area contributed by atoms with Crippen LogP contribution in [0.1, 0.15) is 35.7 Å². The molecule has 8 nitrogen and oxygen atoms in total. The predicted molar refractivity (Wildman–Crippen MR) is 98.6 cm³/mol. The van der Waals surface area contributed by atoms with Crippen LogP contribution in [0.3, 0.4) is 0 Å². The van der Waals surface area contributed by atoms with Gasteiger partial charge in [0.15, 0.2) is 6.61 Å². The highest BCUT2D eigenvalue weighted by molar-refractivity contribution is 5.95. The maximum absolute atomic E-state index is 12.1. The lowest BCUT2D eigenvalue weighted by Crippen LogP contribution is -2.21. The number of nitrogens with zero attached hydrogens (tertiary/aromatic N) is 4. The van der Waals surface area contributed by atoms with Gasteiger partial charge in [-0.15, -0.1) is 5.10 Å². The van der Waals surface area contributed by atoms with Gasteiger partial charge in [-0.1, -0.05) is 26.0 Å². The van der Waals surface area contributed by atoms with Gasteiger partial charge in [0, 0.05) is 5.69 Å². The number of hydrogen-bond donors (Lipinski definition) is 1. The van der Waals surface area contributed by atoms with Crippen LogP contribution in [0.25, 0.3) is 5.69 Å². The largest absolute Gasteiger partial charge is 0.452 e. The number of carbonyl (C=O) groups excluding carboxylic acids is 2. The molecule has 0 bridgehead atoms. The molecule has 1 N–H and O–H groups in total. The molecule has 1 heterocycles. The summed E-state index contributed by atoms with van der Waals surface area (Å²) in [6.45, 7) is 3.84. The number of rotatable bonds is 6. The Morgan fingerprint density at radius 2 is 1.78 bits per heavy atom. The number of aromatic nitrogens is 4. The first-order chi connectivity index (χ1) is 13.0. The lowest BCUT2D eigenvalue weighted by molar-refractivity contribution is -0.119. The number of carbonyl (C=O) groups is 2. The van der Waals surface area contributed by atoms with Gasteiger partial charge < -0.3 is 10.1 Å². The average molecular weight is 365 g/mol. The highest BCUT2D eigenvalue weighted by Gasteiger charge is 2.11. The van der Waals surface area contributed by atoms with Crippen LogP contribution in [0.15, 0.2) is 54.9 Å². The fraction of sp³-hybridized carbons (Fsp3) is 0.211. The molecule has 27 heavy (non-hydrogen) atoms. The second kappa shape index (κ2) is 8.22. The van der Waals surface area contributed by atoms with E-state index in [1.165, 1.54) is 16.6 Å². The summed E-state index contributed by atoms with van der Waals surface area (Å²) in [5, 5.41) is 13.6. The standard InChI is InChI=1S/C19H19N5O3/c1-13(2)14-3-7-16(8-4-14)21-18(25)11-27-19(26)15-5-9-17(10-6-15)24-12-20-22-23-24/h3-10,12-13H,11H2,1-2H3,(H,21,25). The Morgan fingerprint density at radius 3 is 2.37 bits per heavy atom. The molecule has 0 aliphatic carbocycles. The molecule has 8 heteroatoms. The molecule has 1 amide bonds. The molecule has 0 fully saturated rings. The Hall–Kier alpha value is -3.55. The molecule has 3 rings (SSSR count). The SMILES string of the molecule is CC(C)c1ccc(NC(=O)COC(=O)c2ccc(-n3cnnn3)cc2)cc1. The summed E-state index contributed by atoms with van der Waals surface area (Å²) < 4.78 is 6.52. The van der Waals surface area contributed by atoms with E-state index >= 15 is 0 Å². The maximum atomic E-state index is 12.1. The Balaban J connectivity index is 1.51. The highest BCUT2D eigenvalue weighted by Crippen LogP contribution is 2.17. The molecule has 0 unspecified atom stereocenters. The van der Waals surface area contributed by atoms with Crippen LogP contribution >= 0.6 is 0 Å². The van der Waals surface area contributed by atoms with E-state index < -0.39 is 11.9 Å². The van der Waals surface area contributed by atoms with Gasteiger partial charge in [-0.25, -0.2) is 9.48 Å². The molecule has 0 saturated carbocycles. The van der Waals surface area contributed by atoms with E-state index in [1.54, 1.807) is 24.3 Å². The molecule has 3 aromatic rings. The van der Waals surface area contributed by atoms with Crippen molar-refractivity contribution in [2.24, 2.45) is 0 Å². The number of benzene rings is 2. The normalized spacial score (nSPS) is 10.6. The number of nitrogens with one attached hydrogen (secondary N) is 1. The summed E-state index contributed by atoms with van der Waals surface area (Å²) in [6, 6.07) is 14.1. The van der Waals surface area contributed by atoms with Gasteiger partial charge in [-0.2, -0.15) is 0 Å². The Bertz CT molecular complexity index is 904. The zero-order valence-corrected chi connectivity index (χ0v) is 15.0. The summed E-state index contributed by atoms with van der Waals surface area (Å²) >= 11 is 0. The smallest absolute Gasteiger partial charge is 0.338 e. The number of anilines is 1. The van der Waals surface area contributed by atoms with Crippen LogP contribution in [0.5, 0.6) is 0 Å². The van der Waals surface area contributed by atoms with Crippen LogP contribution in [-0.2, 0) is 9.53 Å². The van der Waals surface area contributed by atoms with E-state index in [-0.39, 0.29) is 6.61 Å². The van der Waals surface area contributed by atoms with E-state index in [9.17, 15) is 9.59 Å². The fourth-order valence-corrected chi connectivity index (χ4v) is 2.39. The molecular weight excluding hydrogens is 346 g/mol. The maximum Gasteiger partial charge on any atom is 0.338 e. The van der Waals surface area contributed by atoms with Crippen molar-refractivity contribution in [2.45, 2.75) is 19.8 Å². The van der Waals surface area contributed by atoms with E-state index in [4.69, 9.17) is 4.74 Å². The number of esters is 1. The van der Waals surface area contributed by atoms with Gasteiger partial charge in [0.25, 0.3) is 5.91 Å². The van der Waals surface area contributed by atoms with Crippen molar-refractivity contribution < 1.29 is 14.3 Å². The lowest BCUT2D eigenvalue weighted by atomic mass is 10.0. The van der Waals surface area contributed by atoms with Crippen molar-refractivity contribution in [1.29, 1.82) is 0 Å². The molecule has 2 aromatic carbocycles. The molecule has 0 aliphatic rings. The second-order valence-electron chi connectivity index (χ2n) is 6.20. The van der Waals surface area contributed by atoms with Crippen molar-refractivity contribution in [3.05, 3.63) is 66.0 Å². The fourth-order valence-electron chi connectivity index (χ4n) is 2.39. The van der Waals surface area contributed by atoms with Gasteiger partial charge >= 0.3 is 5.97 Å². The van der Waals surface area contributed by atoms with Crippen molar-refractivity contribution in [2.75, 3.05) is 11.9 Å². The minimum atomic E-state index is -0.580. The third kappa shape index (κ3) is 4.75.